The Labute approximate surface area is 242 Å². The van der Waals surface area contributed by atoms with Gasteiger partial charge in [-0.1, -0.05) is 58.6 Å². The molecule has 10 heteroatoms. The minimum absolute atomic E-state index is 0.234. The third-order valence-corrected chi connectivity index (χ3v) is 6.96. The number of hydrogen-bond donors (Lipinski definition) is 1. The summed E-state index contributed by atoms with van der Waals surface area (Å²) in [4.78, 5) is 30.6. The zero-order valence-corrected chi connectivity index (χ0v) is 24.7. The van der Waals surface area contributed by atoms with E-state index >= 15 is 0 Å². The summed E-state index contributed by atoms with van der Waals surface area (Å²) in [5.41, 5.74) is 2.61. The number of hydrogen-bond acceptors (Lipinski definition) is 5. The van der Waals surface area contributed by atoms with Crippen molar-refractivity contribution in [3.05, 3.63) is 95.9 Å². The number of nitrogens with one attached hydrogen (secondary N) is 1. The van der Waals surface area contributed by atoms with Gasteiger partial charge in [0.15, 0.2) is 6.61 Å². The predicted molar refractivity (Wildman–Crippen MR) is 160 cm³/mol. The van der Waals surface area contributed by atoms with Gasteiger partial charge in [0.05, 0.1) is 21.6 Å². The van der Waals surface area contributed by atoms with Crippen LogP contribution in [0, 0.1) is 6.92 Å². The van der Waals surface area contributed by atoms with E-state index in [9.17, 15) is 9.59 Å². The molecule has 1 heterocycles. The average Bonchev–Trinajstić information content (AvgIpc) is 2.88. The van der Waals surface area contributed by atoms with Crippen LogP contribution >= 0.6 is 43.5 Å². The Morgan fingerprint density at radius 2 is 1.92 bits per heavy atom. The van der Waals surface area contributed by atoms with Crippen LogP contribution in [0.25, 0.3) is 10.9 Å². The number of anilines is 1. The third-order valence-electron chi connectivity index (χ3n) is 5.66. The molecule has 196 valence electrons. The van der Waals surface area contributed by atoms with E-state index in [-0.39, 0.29) is 18.1 Å². The normalized spacial score (nSPS) is 11.3. The maximum Gasteiger partial charge on any atom is 0.282 e. The smallest absolute Gasteiger partial charge is 0.282 e. The van der Waals surface area contributed by atoms with Crippen molar-refractivity contribution in [1.82, 2.24) is 9.66 Å². The third kappa shape index (κ3) is 6.89. The summed E-state index contributed by atoms with van der Waals surface area (Å²) < 4.78 is 8.50. The number of halogens is 3. The number of benzene rings is 3. The number of unbranched alkanes of at least 4 members (excludes halogenated alkanes) is 1. The maximum absolute atomic E-state index is 13.4. The van der Waals surface area contributed by atoms with Crippen molar-refractivity contribution in [3.8, 4) is 5.75 Å². The molecule has 0 spiro atoms. The van der Waals surface area contributed by atoms with Gasteiger partial charge in [0.25, 0.3) is 11.5 Å². The Balaban J connectivity index is 1.65. The van der Waals surface area contributed by atoms with Gasteiger partial charge in [-0.25, -0.2) is 4.98 Å². The number of rotatable bonds is 9. The van der Waals surface area contributed by atoms with Crippen LogP contribution in [0.5, 0.6) is 5.75 Å². The number of aromatic nitrogens is 2. The summed E-state index contributed by atoms with van der Waals surface area (Å²) in [5.74, 6) is 0.613. The van der Waals surface area contributed by atoms with Crippen molar-refractivity contribution in [1.29, 1.82) is 0 Å². The quantitative estimate of drug-likeness (QED) is 0.194. The van der Waals surface area contributed by atoms with Gasteiger partial charge < -0.3 is 10.1 Å². The largest absolute Gasteiger partial charge is 0.482 e. The second-order valence-corrected chi connectivity index (χ2v) is 10.9. The number of nitrogens with zero attached hydrogens (tertiary/aromatic N) is 3. The SMILES string of the molecule is CCCCc1nc2ccc(Br)cc2c(=O)n1N=Cc1cc(Cl)cc(Br)c1OCC(=O)Nc1ccc(C)cc1. The minimum atomic E-state index is -0.319. The van der Waals surface area contributed by atoms with Gasteiger partial charge in [-0.2, -0.15) is 9.78 Å². The van der Waals surface area contributed by atoms with E-state index in [4.69, 9.17) is 21.3 Å². The molecule has 0 saturated carbocycles. The van der Waals surface area contributed by atoms with Crippen LogP contribution in [0.4, 0.5) is 5.69 Å². The molecule has 1 aromatic heterocycles. The molecule has 0 saturated heterocycles. The fraction of sp³-hybridized carbons (Fsp3) is 0.214. The fourth-order valence-corrected chi connectivity index (χ4v) is 5.04. The monoisotopic (exact) mass is 658 g/mol. The highest BCUT2D eigenvalue weighted by molar-refractivity contribution is 9.10. The number of amides is 1. The molecule has 0 aliphatic heterocycles. The molecule has 1 amide bonds. The molecule has 0 unspecified atom stereocenters. The summed E-state index contributed by atoms with van der Waals surface area (Å²) in [6, 6.07) is 16.2. The van der Waals surface area contributed by atoms with Crippen molar-refractivity contribution >= 4 is 72.2 Å². The van der Waals surface area contributed by atoms with Gasteiger partial charge in [-0.15, -0.1) is 0 Å². The van der Waals surface area contributed by atoms with Crippen molar-refractivity contribution in [3.63, 3.8) is 0 Å². The van der Waals surface area contributed by atoms with Gasteiger partial charge in [-0.05, 0) is 71.7 Å². The molecule has 7 nitrogen and oxygen atoms in total. The molecule has 4 aromatic rings. The molecule has 0 aliphatic rings. The van der Waals surface area contributed by atoms with E-state index in [0.717, 1.165) is 22.9 Å². The Hall–Kier alpha value is -3.01. The van der Waals surface area contributed by atoms with Crippen LogP contribution in [-0.4, -0.2) is 28.4 Å². The molecule has 0 fully saturated rings. The van der Waals surface area contributed by atoms with E-state index < -0.39 is 0 Å². The molecule has 4 rings (SSSR count). The Bertz CT molecular complexity index is 1570. The van der Waals surface area contributed by atoms with Gasteiger partial charge in [0.1, 0.15) is 11.6 Å². The fourth-order valence-electron chi connectivity index (χ4n) is 3.73. The van der Waals surface area contributed by atoms with Crippen molar-refractivity contribution in [2.45, 2.75) is 33.1 Å². The first-order chi connectivity index (χ1) is 18.2. The molecule has 0 bridgehead atoms. The van der Waals surface area contributed by atoms with Crippen LogP contribution in [0.3, 0.4) is 0 Å². The number of carbonyl (C=O) groups is 1. The number of aryl methyl sites for hydroxylation is 2. The van der Waals surface area contributed by atoms with Crippen LogP contribution in [-0.2, 0) is 11.2 Å². The highest BCUT2D eigenvalue weighted by Crippen LogP contribution is 2.32. The first-order valence-electron chi connectivity index (χ1n) is 12.0. The van der Waals surface area contributed by atoms with E-state index in [1.54, 1.807) is 18.2 Å². The number of carbonyl (C=O) groups excluding carboxylic acids is 1. The Morgan fingerprint density at radius 1 is 1.16 bits per heavy atom. The summed E-state index contributed by atoms with van der Waals surface area (Å²) in [6.07, 6.45) is 3.89. The lowest BCUT2D eigenvalue weighted by Crippen LogP contribution is -2.23. The second-order valence-electron chi connectivity index (χ2n) is 8.66. The molecular formula is C28H25Br2ClN4O3. The standard InChI is InChI=1S/C28H25Br2ClN4O3/c1-3-4-5-25-34-24-11-8-19(29)13-22(24)28(37)35(25)32-15-18-12-20(31)14-23(30)27(18)38-16-26(36)33-21-9-6-17(2)7-10-21/h6-15H,3-5,16H2,1-2H3,(H,33,36). The van der Waals surface area contributed by atoms with Crippen molar-refractivity contribution in [2.75, 3.05) is 11.9 Å². The highest BCUT2D eigenvalue weighted by atomic mass is 79.9. The molecular weight excluding hydrogens is 636 g/mol. The van der Waals surface area contributed by atoms with E-state index in [0.29, 0.717) is 49.6 Å². The lowest BCUT2D eigenvalue weighted by molar-refractivity contribution is -0.118. The average molecular weight is 661 g/mol. The lowest BCUT2D eigenvalue weighted by Gasteiger charge is -2.13. The van der Waals surface area contributed by atoms with E-state index in [1.807, 2.05) is 43.3 Å². The maximum atomic E-state index is 13.4. The molecule has 0 aliphatic carbocycles. The van der Waals surface area contributed by atoms with Crippen molar-refractivity contribution in [2.24, 2.45) is 5.10 Å². The van der Waals surface area contributed by atoms with E-state index in [2.05, 4.69) is 49.2 Å². The first kappa shape index (κ1) is 28.0. The molecule has 0 radical (unpaired) electrons. The van der Waals surface area contributed by atoms with Gasteiger partial charge in [0, 0.05) is 27.2 Å². The predicted octanol–water partition coefficient (Wildman–Crippen LogP) is 7.13. The van der Waals surface area contributed by atoms with Crippen molar-refractivity contribution < 1.29 is 9.53 Å². The van der Waals surface area contributed by atoms with Crippen LogP contribution < -0.4 is 15.6 Å². The molecule has 3 aromatic carbocycles. The second kappa shape index (κ2) is 12.7. The molecule has 0 atom stereocenters. The van der Waals surface area contributed by atoms with Crippen LogP contribution in [0.1, 0.15) is 36.7 Å². The zero-order valence-electron chi connectivity index (χ0n) is 20.8. The van der Waals surface area contributed by atoms with Gasteiger partial charge in [-0.3, -0.25) is 9.59 Å². The minimum Gasteiger partial charge on any atom is -0.482 e. The molecule has 1 N–H and O–H groups in total. The van der Waals surface area contributed by atoms with Crippen LogP contribution in [0.15, 0.2) is 73.4 Å². The topological polar surface area (TPSA) is 85.6 Å². The summed E-state index contributed by atoms with van der Waals surface area (Å²) in [7, 11) is 0. The summed E-state index contributed by atoms with van der Waals surface area (Å²) in [5, 5.41) is 8.19. The first-order valence-corrected chi connectivity index (χ1v) is 14.0. The van der Waals surface area contributed by atoms with Crippen LogP contribution in [0.2, 0.25) is 5.02 Å². The summed E-state index contributed by atoms with van der Waals surface area (Å²) >= 11 is 13.2. The highest BCUT2D eigenvalue weighted by Gasteiger charge is 2.14. The Kier molecular flexibility index (Phi) is 9.35. The van der Waals surface area contributed by atoms with E-state index in [1.165, 1.54) is 10.9 Å². The Morgan fingerprint density at radius 3 is 2.66 bits per heavy atom. The number of fused-ring (bicyclic) bond motifs is 1. The van der Waals surface area contributed by atoms with Gasteiger partial charge in [0.2, 0.25) is 0 Å². The number of ether oxygens (including phenoxy) is 1. The lowest BCUT2D eigenvalue weighted by atomic mass is 10.2. The van der Waals surface area contributed by atoms with Gasteiger partial charge >= 0.3 is 0 Å². The molecule has 38 heavy (non-hydrogen) atoms. The summed E-state index contributed by atoms with van der Waals surface area (Å²) in [6.45, 7) is 3.82. The zero-order chi connectivity index (χ0) is 27.2.